The van der Waals surface area contributed by atoms with E-state index >= 15 is 0 Å². The molecule has 0 aromatic carbocycles. The highest BCUT2D eigenvalue weighted by molar-refractivity contribution is 5.93. The molecule has 2 saturated heterocycles. The fourth-order valence-electron chi connectivity index (χ4n) is 4.98. The van der Waals surface area contributed by atoms with Gasteiger partial charge in [0.15, 0.2) is 0 Å². The summed E-state index contributed by atoms with van der Waals surface area (Å²) in [6.45, 7) is 16.2. The smallest absolute Gasteiger partial charge is 0.315 e. The molecule has 0 aromatic rings. The Labute approximate surface area is 215 Å². The van der Waals surface area contributed by atoms with Crippen molar-refractivity contribution in [2.75, 3.05) is 13.1 Å². The second kappa shape index (κ2) is 11.5. The number of hydrogen-bond acceptors (Lipinski definition) is 5. The van der Waals surface area contributed by atoms with E-state index < -0.39 is 41.0 Å². The molecule has 10 heteroatoms. The molecule has 0 saturated carbocycles. The highest BCUT2D eigenvalue weighted by Crippen LogP contribution is 2.33. The lowest BCUT2D eigenvalue weighted by atomic mass is 9.84. The number of nitrogens with one attached hydrogen (secondary N) is 4. The number of nitriles is 1. The molecule has 0 aromatic heterocycles. The van der Waals surface area contributed by atoms with Crippen molar-refractivity contribution in [2.45, 2.75) is 98.3 Å². The number of carbonyl (C=O) groups is 4. The Morgan fingerprint density at radius 2 is 1.75 bits per heavy atom. The summed E-state index contributed by atoms with van der Waals surface area (Å²) in [4.78, 5) is 53.5. The number of urea groups is 1. The third-order valence-electron chi connectivity index (χ3n) is 6.88. The maximum absolute atomic E-state index is 13.8. The molecule has 0 aliphatic carbocycles. The van der Waals surface area contributed by atoms with Gasteiger partial charge < -0.3 is 26.2 Å². The first kappa shape index (κ1) is 29.4. The maximum atomic E-state index is 13.8. The predicted molar refractivity (Wildman–Crippen MR) is 136 cm³/mol. The highest BCUT2D eigenvalue weighted by Gasteiger charge is 2.47. The molecule has 2 rings (SSSR count). The van der Waals surface area contributed by atoms with E-state index in [-0.39, 0.29) is 36.0 Å². The van der Waals surface area contributed by atoms with Crippen molar-refractivity contribution in [3.8, 4) is 6.07 Å². The summed E-state index contributed by atoms with van der Waals surface area (Å²) in [7, 11) is 0. The zero-order chi connectivity index (χ0) is 27.4. The lowest BCUT2D eigenvalue weighted by molar-refractivity contribution is -0.143. The zero-order valence-electron chi connectivity index (χ0n) is 23.0. The Balaban J connectivity index is 2.25. The van der Waals surface area contributed by atoms with Crippen LogP contribution in [0.3, 0.4) is 0 Å². The maximum Gasteiger partial charge on any atom is 0.315 e. The topological polar surface area (TPSA) is 143 Å². The van der Waals surface area contributed by atoms with Crippen LogP contribution in [0.25, 0.3) is 0 Å². The largest absolute Gasteiger partial charge is 0.356 e. The molecule has 2 aliphatic rings. The highest BCUT2D eigenvalue weighted by atomic mass is 16.2. The standard InChI is InChI=1S/C26H44N6O4/c1-15(2)18-10-12-32(23(35)20(25(3,4)5)30-24(36)31-26(6,7)8)19(18)22(34)29-17(14-27)13-16-9-11-28-21(16)33/h15-20H,9-13H2,1-8H3,(H,28,33)(H,29,34)(H2,30,31,36)/t16-,17?,18+,19-,20+/m0/s1. The van der Waals surface area contributed by atoms with Gasteiger partial charge in [-0.15, -0.1) is 0 Å². The van der Waals surface area contributed by atoms with Crippen LogP contribution in [0, 0.1) is 34.5 Å². The summed E-state index contributed by atoms with van der Waals surface area (Å²) in [6.07, 6.45) is 1.51. The van der Waals surface area contributed by atoms with E-state index in [4.69, 9.17) is 0 Å². The summed E-state index contributed by atoms with van der Waals surface area (Å²) in [5.74, 6) is -1.09. The Bertz CT molecular complexity index is 882. The number of amides is 5. The van der Waals surface area contributed by atoms with Crippen LogP contribution >= 0.6 is 0 Å². The third kappa shape index (κ3) is 7.58. The van der Waals surface area contributed by atoms with Crippen LogP contribution in [0.5, 0.6) is 0 Å². The van der Waals surface area contributed by atoms with Crippen molar-refractivity contribution in [1.82, 2.24) is 26.2 Å². The molecular weight excluding hydrogens is 460 g/mol. The second-order valence-electron chi connectivity index (χ2n) is 12.5. The van der Waals surface area contributed by atoms with Crippen molar-refractivity contribution in [1.29, 1.82) is 5.26 Å². The van der Waals surface area contributed by atoms with Crippen molar-refractivity contribution < 1.29 is 19.2 Å². The van der Waals surface area contributed by atoms with Gasteiger partial charge in [0, 0.05) is 24.5 Å². The SMILES string of the molecule is CC(C)[C@H]1CCN(C(=O)[C@@H](NC(=O)NC(C)(C)C)C(C)(C)C)[C@@H]1C(=O)NC(C#N)C[C@@H]1CCNC1=O. The van der Waals surface area contributed by atoms with Crippen LogP contribution in [0.15, 0.2) is 0 Å². The summed E-state index contributed by atoms with van der Waals surface area (Å²) in [6, 6.07) is -0.783. The average Bonchev–Trinajstić information content (AvgIpc) is 3.35. The minimum Gasteiger partial charge on any atom is -0.356 e. The van der Waals surface area contributed by atoms with E-state index in [1.807, 2.05) is 55.4 Å². The van der Waals surface area contributed by atoms with Crippen LogP contribution in [-0.4, -0.2) is 65.4 Å². The molecule has 0 radical (unpaired) electrons. The minimum atomic E-state index is -0.852. The Hall–Kier alpha value is -2.83. The van der Waals surface area contributed by atoms with Gasteiger partial charge in [0.2, 0.25) is 17.7 Å². The van der Waals surface area contributed by atoms with Gasteiger partial charge in [0.25, 0.3) is 0 Å². The van der Waals surface area contributed by atoms with Crippen LogP contribution in [0.2, 0.25) is 0 Å². The van der Waals surface area contributed by atoms with Crippen LogP contribution in [-0.2, 0) is 14.4 Å². The van der Waals surface area contributed by atoms with E-state index in [2.05, 4.69) is 27.3 Å². The fraction of sp³-hybridized carbons (Fsp3) is 0.808. The van der Waals surface area contributed by atoms with Gasteiger partial charge >= 0.3 is 6.03 Å². The lowest BCUT2D eigenvalue weighted by Gasteiger charge is -2.37. The van der Waals surface area contributed by atoms with Gasteiger partial charge in [0.1, 0.15) is 18.1 Å². The number of carbonyl (C=O) groups excluding carboxylic acids is 4. The first-order chi connectivity index (χ1) is 16.5. The van der Waals surface area contributed by atoms with Gasteiger partial charge in [-0.3, -0.25) is 14.4 Å². The van der Waals surface area contributed by atoms with Gasteiger partial charge in [-0.05, 0) is 57.3 Å². The first-order valence-electron chi connectivity index (χ1n) is 12.9. The molecule has 4 N–H and O–H groups in total. The number of rotatable bonds is 7. The number of nitrogens with zero attached hydrogens (tertiary/aromatic N) is 2. The lowest BCUT2D eigenvalue weighted by Crippen LogP contribution is -2.61. The summed E-state index contributed by atoms with van der Waals surface area (Å²) >= 11 is 0. The molecule has 5 atom stereocenters. The monoisotopic (exact) mass is 504 g/mol. The summed E-state index contributed by atoms with van der Waals surface area (Å²) < 4.78 is 0. The van der Waals surface area contributed by atoms with Crippen molar-refractivity contribution in [2.24, 2.45) is 23.2 Å². The minimum absolute atomic E-state index is 0.0907. The van der Waals surface area contributed by atoms with E-state index in [1.54, 1.807) is 4.90 Å². The Morgan fingerprint density at radius 3 is 2.22 bits per heavy atom. The number of hydrogen-bond donors (Lipinski definition) is 4. The van der Waals surface area contributed by atoms with E-state index in [1.165, 1.54) is 0 Å². The second-order valence-corrected chi connectivity index (χ2v) is 12.5. The molecule has 1 unspecified atom stereocenters. The van der Waals surface area contributed by atoms with E-state index in [9.17, 15) is 24.4 Å². The quantitative estimate of drug-likeness (QED) is 0.419. The fourth-order valence-corrected chi connectivity index (χ4v) is 4.98. The van der Waals surface area contributed by atoms with Gasteiger partial charge in [-0.2, -0.15) is 5.26 Å². The normalized spacial score (nSPS) is 24.1. The van der Waals surface area contributed by atoms with Crippen molar-refractivity contribution in [3.05, 3.63) is 0 Å². The number of likely N-dealkylation sites (tertiary alicyclic amines) is 1. The van der Waals surface area contributed by atoms with Gasteiger partial charge in [-0.25, -0.2) is 4.79 Å². The van der Waals surface area contributed by atoms with Gasteiger partial charge in [-0.1, -0.05) is 34.6 Å². The predicted octanol–water partition coefficient (Wildman–Crippen LogP) is 1.91. The molecule has 2 aliphatic heterocycles. The molecule has 5 amide bonds. The summed E-state index contributed by atoms with van der Waals surface area (Å²) in [5.41, 5.74) is -1.08. The molecule has 0 spiro atoms. The first-order valence-corrected chi connectivity index (χ1v) is 12.9. The molecular formula is C26H44N6O4. The summed E-state index contributed by atoms with van der Waals surface area (Å²) in [5, 5.41) is 20.9. The molecule has 0 bridgehead atoms. The van der Waals surface area contributed by atoms with Gasteiger partial charge in [0.05, 0.1) is 6.07 Å². The van der Waals surface area contributed by atoms with Crippen molar-refractivity contribution >= 4 is 23.8 Å². The Morgan fingerprint density at radius 1 is 1.11 bits per heavy atom. The van der Waals surface area contributed by atoms with Crippen molar-refractivity contribution in [3.63, 3.8) is 0 Å². The zero-order valence-corrected chi connectivity index (χ0v) is 23.0. The molecule has 2 heterocycles. The van der Waals surface area contributed by atoms with Crippen LogP contribution in [0.1, 0.15) is 74.7 Å². The molecule has 10 nitrogen and oxygen atoms in total. The van der Waals surface area contributed by atoms with Crippen LogP contribution < -0.4 is 21.3 Å². The molecule has 202 valence electrons. The third-order valence-corrected chi connectivity index (χ3v) is 6.88. The van der Waals surface area contributed by atoms with E-state index in [0.717, 1.165) is 0 Å². The molecule has 2 fully saturated rings. The average molecular weight is 505 g/mol. The Kier molecular flexibility index (Phi) is 9.38. The van der Waals surface area contributed by atoms with Crippen LogP contribution in [0.4, 0.5) is 4.79 Å². The van der Waals surface area contributed by atoms with E-state index in [0.29, 0.717) is 25.9 Å². The molecule has 36 heavy (non-hydrogen) atoms.